The Labute approximate surface area is 115 Å². The summed E-state index contributed by atoms with van der Waals surface area (Å²) in [6, 6.07) is 12.2. The largest absolute Gasteiger partial charge is 0.364 e. The normalized spacial score (nSPS) is 11.1. The number of benzene rings is 1. The van der Waals surface area contributed by atoms with Crippen LogP contribution in [0.15, 0.2) is 54.9 Å². The fourth-order valence-corrected chi connectivity index (χ4v) is 2.51. The van der Waals surface area contributed by atoms with E-state index in [9.17, 15) is 4.39 Å². The molecule has 2 heterocycles. The van der Waals surface area contributed by atoms with Crippen LogP contribution in [0.25, 0.3) is 0 Å². The number of hydrogen-bond donors (Lipinski definition) is 2. The van der Waals surface area contributed by atoms with Crippen molar-refractivity contribution in [2.24, 2.45) is 0 Å². The van der Waals surface area contributed by atoms with Gasteiger partial charge in [-0.15, -0.1) is 0 Å². The molecule has 0 saturated carbocycles. The van der Waals surface area contributed by atoms with Crippen LogP contribution in [0.3, 0.4) is 0 Å². The summed E-state index contributed by atoms with van der Waals surface area (Å²) in [5.74, 6) is -0.421. The molecule has 4 heteroatoms. The number of halogens is 2. The average molecular weight is 275 g/mol. The molecule has 0 spiro atoms. The summed E-state index contributed by atoms with van der Waals surface area (Å²) >= 11 is 6.23. The lowest BCUT2D eigenvalue weighted by atomic mass is 9.92. The van der Waals surface area contributed by atoms with Gasteiger partial charge in [0.05, 0.1) is 5.92 Å². The van der Waals surface area contributed by atoms with Crippen LogP contribution in [0, 0.1) is 5.82 Å². The van der Waals surface area contributed by atoms with E-state index in [2.05, 4.69) is 9.97 Å². The summed E-state index contributed by atoms with van der Waals surface area (Å²) in [6.45, 7) is 0. The van der Waals surface area contributed by atoms with E-state index < -0.39 is 0 Å². The van der Waals surface area contributed by atoms with E-state index in [1.165, 1.54) is 12.1 Å². The van der Waals surface area contributed by atoms with Gasteiger partial charge in [-0.1, -0.05) is 11.6 Å². The Bertz CT molecular complexity index is 625. The summed E-state index contributed by atoms with van der Waals surface area (Å²) in [5, 5.41) is 0.551. The fourth-order valence-electron chi connectivity index (χ4n) is 2.29. The molecule has 1 aromatic carbocycles. The molecule has 2 nitrogen and oxygen atoms in total. The van der Waals surface area contributed by atoms with Gasteiger partial charge in [-0.25, -0.2) is 4.39 Å². The van der Waals surface area contributed by atoms with E-state index >= 15 is 0 Å². The van der Waals surface area contributed by atoms with Crippen molar-refractivity contribution in [2.75, 3.05) is 0 Å². The molecule has 19 heavy (non-hydrogen) atoms. The molecular formula is C15H12ClFN2. The second-order valence-corrected chi connectivity index (χ2v) is 4.76. The van der Waals surface area contributed by atoms with E-state index in [4.69, 9.17) is 11.6 Å². The van der Waals surface area contributed by atoms with Crippen LogP contribution in [0.1, 0.15) is 22.9 Å². The van der Waals surface area contributed by atoms with Gasteiger partial charge in [-0.2, -0.15) is 0 Å². The van der Waals surface area contributed by atoms with Gasteiger partial charge < -0.3 is 9.97 Å². The van der Waals surface area contributed by atoms with Crippen LogP contribution < -0.4 is 0 Å². The molecule has 2 aromatic heterocycles. The van der Waals surface area contributed by atoms with Gasteiger partial charge in [0.15, 0.2) is 0 Å². The van der Waals surface area contributed by atoms with E-state index in [0.29, 0.717) is 5.02 Å². The standard InChI is InChI=1S/C15H12ClFN2/c16-12-6-5-10(17)9-11(12)15(13-3-1-7-18-13)14-4-2-8-19-14/h1-9,15,18-19H. The Morgan fingerprint density at radius 2 is 1.58 bits per heavy atom. The molecule has 3 rings (SSSR count). The number of rotatable bonds is 3. The number of H-pyrrole nitrogens is 2. The molecular weight excluding hydrogens is 263 g/mol. The second kappa shape index (κ2) is 4.94. The Balaban J connectivity index is 2.17. The predicted octanol–water partition coefficient (Wildman–Crippen LogP) is 4.32. The van der Waals surface area contributed by atoms with Crippen LogP contribution >= 0.6 is 11.6 Å². The topological polar surface area (TPSA) is 31.6 Å². The third kappa shape index (κ3) is 2.29. The van der Waals surface area contributed by atoms with E-state index in [1.54, 1.807) is 6.07 Å². The summed E-state index contributed by atoms with van der Waals surface area (Å²) in [7, 11) is 0. The number of nitrogens with one attached hydrogen (secondary N) is 2. The molecule has 0 aliphatic rings. The molecule has 0 bridgehead atoms. The maximum Gasteiger partial charge on any atom is 0.123 e. The number of aromatic amines is 2. The van der Waals surface area contributed by atoms with Gasteiger partial charge in [-0.3, -0.25) is 0 Å². The first kappa shape index (κ1) is 12.1. The summed E-state index contributed by atoms with van der Waals surface area (Å²) < 4.78 is 13.5. The first-order chi connectivity index (χ1) is 9.25. The second-order valence-electron chi connectivity index (χ2n) is 4.35. The number of hydrogen-bond acceptors (Lipinski definition) is 0. The van der Waals surface area contributed by atoms with Crippen molar-refractivity contribution in [1.29, 1.82) is 0 Å². The van der Waals surface area contributed by atoms with E-state index in [0.717, 1.165) is 17.0 Å². The molecule has 0 atom stereocenters. The predicted molar refractivity (Wildman–Crippen MR) is 73.9 cm³/mol. The molecule has 0 unspecified atom stereocenters. The lowest BCUT2D eigenvalue weighted by Gasteiger charge is -2.17. The maximum atomic E-state index is 13.5. The van der Waals surface area contributed by atoms with Gasteiger partial charge in [0.2, 0.25) is 0 Å². The molecule has 0 aliphatic heterocycles. The van der Waals surface area contributed by atoms with Gasteiger partial charge >= 0.3 is 0 Å². The Morgan fingerprint density at radius 1 is 0.947 bits per heavy atom. The maximum absolute atomic E-state index is 13.5. The summed E-state index contributed by atoms with van der Waals surface area (Å²) in [6.07, 6.45) is 3.69. The lowest BCUT2D eigenvalue weighted by Crippen LogP contribution is -2.05. The Kier molecular flexibility index (Phi) is 3.13. The molecule has 0 saturated heterocycles. The quantitative estimate of drug-likeness (QED) is 0.713. The van der Waals surface area contributed by atoms with Crippen LogP contribution in [0.5, 0.6) is 0 Å². The van der Waals surface area contributed by atoms with Gasteiger partial charge in [0.25, 0.3) is 0 Å². The molecule has 0 amide bonds. The van der Waals surface area contributed by atoms with Crippen LogP contribution in [-0.4, -0.2) is 9.97 Å². The molecule has 3 aromatic rings. The minimum atomic E-state index is -0.289. The minimum absolute atomic E-state index is 0.131. The fraction of sp³-hybridized carbons (Fsp3) is 0.0667. The third-order valence-electron chi connectivity index (χ3n) is 3.14. The van der Waals surface area contributed by atoms with Crippen molar-refractivity contribution >= 4 is 11.6 Å². The zero-order valence-electron chi connectivity index (χ0n) is 10.0. The van der Waals surface area contributed by atoms with Crippen LogP contribution in [-0.2, 0) is 0 Å². The highest BCUT2D eigenvalue weighted by molar-refractivity contribution is 6.31. The average Bonchev–Trinajstić information content (AvgIpc) is 3.07. The van der Waals surface area contributed by atoms with Crippen molar-refractivity contribution in [2.45, 2.75) is 5.92 Å². The highest BCUT2D eigenvalue weighted by atomic mass is 35.5. The van der Waals surface area contributed by atoms with Gasteiger partial charge in [-0.05, 0) is 48.0 Å². The van der Waals surface area contributed by atoms with Crippen molar-refractivity contribution in [1.82, 2.24) is 9.97 Å². The monoisotopic (exact) mass is 274 g/mol. The SMILES string of the molecule is Fc1ccc(Cl)c(C(c2ccc[nH]2)c2ccc[nH]2)c1. The highest BCUT2D eigenvalue weighted by Crippen LogP contribution is 2.34. The first-order valence-corrected chi connectivity index (χ1v) is 6.35. The van der Waals surface area contributed by atoms with E-state index in [-0.39, 0.29) is 11.7 Å². The van der Waals surface area contributed by atoms with Crippen molar-refractivity contribution in [3.63, 3.8) is 0 Å². The smallest absolute Gasteiger partial charge is 0.123 e. The molecule has 96 valence electrons. The molecule has 0 aliphatic carbocycles. The number of aromatic nitrogens is 2. The third-order valence-corrected chi connectivity index (χ3v) is 3.48. The van der Waals surface area contributed by atoms with Gasteiger partial charge in [0.1, 0.15) is 5.82 Å². The molecule has 0 radical (unpaired) electrons. The van der Waals surface area contributed by atoms with Crippen LogP contribution in [0.4, 0.5) is 4.39 Å². The summed E-state index contributed by atoms with van der Waals surface area (Å²) in [5.41, 5.74) is 2.68. The first-order valence-electron chi connectivity index (χ1n) is 5.97. The Hall–Kier alpha value is -2.00. The lowest BCUT2D eigenvalue weighted by molar-refractivity contribution is 0.624. The zero-order chi connectivity index (χ0) is 13.2. The van der Waals surface area contributed by atoms with Crippen molar-refractivity contribution in [3.05, 3.63) is 82.6 Å². The van der Waals surface area contributed by atoms with Crippen LogP contribution in [0.2, 0.25) is 5.02 Å². The zero-order valence-corrected chi connectivity index (χ0v) is 10.8. The summed E-state index contributed by atoms with van der Waals surface area (Å²) in [4.78, 5) is 6.34. The van der Waals surface area contributed by atoms with Crippen molar-refractivity contribution in [3.8, 4) is 0 Å². The van der Waals surface area contributed by atoms with E-state index in [1.807, 2.05) is 36.7 Å². The molecule has 0 fully saturated rings. The van der Waals surface area contributed by atoms with Gasteiger partial charge in [0, 0.05) is 28.8 Å². The minimum Gasteiger partial charge on any atom is -0.364 e. The molecule has 2 N–H and O–H groups in total. The Morgan fingerprint density at radius 3 is 2.11 bits per heavy atom. The van der Waals surface area contributed by atoms with Crippen molar-refractivity contribution < 1.29 is 4.39 Å². The highest BCUT2D eigenvalue weighted by Gasteiger charge is 2.21.